The minimum absolute atomic E-state index is 0.661. The van der Waals surface area contributed by atoms with Crippen molar-refractivity contribution in [2.45, 2.75) is 32.2 Å². The molecular weight excluding hydrogens is 282 g/mol. The lowest BCUT2D eigenvalue weighted by Crippen LogP contribution is -2.26. The molecule has 3 heteroatoms. The van der Waals surface area contributed by atoms with E-state index in [-0.39, 0.29) is 0 Å². The van der Waals surface area contributed by atoms with E-state index in [2.05, 4.69) is 65.6 Å². The molecule has 3 nitrogen and oxygen atoms in total. The Hall–Kier alpha value is -2.13. The number of rotatable bonds is 3. The molecule has 0 aliphatic carbocycles. The second kappa shape index (κ2) is 6.17. The smallest absolute Gasteiger partial charge is 0.140 e. The van der Waals surface area contributed by atoms with Crippen molar-refractivity contribution in [2.24, 2.45) is 0 Å². The maximum Gasteiger partial charge on any atom is 0.140 e. The molecular formula is C20H23N3. The van der Waals surface area contributed by atoms with E-state index in [1.807, 2.05) is 0 Å². The van der Waals surface area contributed by atoms with Crippen molar-refractivity contribution in [3.63, 3.8) is 0 Å². The normalized spacial score (nSPS) is 16.0. The van der Waals surface area contributed by atoms with Crippen molar-refractivity contribution in [2.75, 3.05) is 13.1 Å². The molecule has 0 atom stereocenters. The number of benzene rings is 1. The number of nitrogens with one attached hydrogen (secondary N) is 1. The number of aryl methyl sites for hydroxylation is 1. The van der Waals surface area contributed by atoms with Gasteiger partial charge in [0.05, 0.1) is 0 Å². The molecule has 118 valence electrons. The molecule has 0 radical (unpaired) electrons. The number of piperidine rings is 1. The maximum absolute atomic E-state index is 4.77. The summed E-state index contributed by atoms with van der Waals surface area (Å²) in [4.78, 5) is 4.77. The van der Waals surface area contributed by atoms with Crippen LogP contribution in [0.2, 0.25) is 0 Å². The van der Waals surface area contributed by atoms with Crippen molar-refractivity contribution in [3.05, 3.63) is 65.5 Å². The zero-order chi connectivity index (χ0) is 15.6. The first-order chi connectivity index (χ1) is 11.3. The number of aromatic nitrogens is 2. The number of hydrogen-bond acceptors (Lipinski definition) is 2. The van der Waals surface area contributed by atoms with Crippen molar-refractivity contribution < 1.29 is 0 Å². The summed E-state index contributed by atoms with van der Waals surface area (Å²) in [5, 5.41) is 4.69. The first-order valence-corrected chi connectivity index (χ1v) is 8.51. The Morgan fingerprint density at radius 1 is 1.13 bits per heavy atom. The van der Waals surface area contributed by atoms with Gasteiger partial charge in [-0.3, -0.25) is 0 Å². The van der Waals surface area contributed by atoms with E-state index in [1.165, 1.54) is 34.9 Å². The van der Waals surface area contributed by atoms with Gasteiger partial charge < -0.3 is 9.88 Å². The van der Waals surface area contributed by atoms with Crippen LogP contribution in [0.1, 0.15) is 35.4 Å². The average Bonchev–Trinajstić information content (AvgIpc) is 3.00. The third-order valence-corrected chi connectivity index (χ3v) is 4.91. The van der Waals surface area contributed by atoms with Gasteiger partial charge in [-0.15, -0.1) is 0 Å². The Balaban J connectivity index is 1.60. The molecule has 3 heterocycles. The molecule has 1 aliphatic rings. The molecule has 0 amide bonds. The van der Waals surface area contributed by atoms with Gasteiger partial charge in [0.25, 0.3) is 0 Å². The highest BCUT2D eigenvalue weighted by Gasteiger charge is 2.16. The molecule has 1 fully saturated rings. The molecule has 0 bridgehead atoms. The van der Waals surface area contributed by atoms with Crippen molar-refractivity contribution in [1.82, 2.24) is 14.9 Å². The lowest BCUT2D eigenvalue weighted by molar-refractivity contribution is 0.460. The van der Waals surface area contributed by atoms with E-state index in [9.17, 15) is 0 Å². The highest BCUT2D eigenvalue weighted by atomic mass is 15.0. The molecule has 1 saturated heterocycles. The molecule has 4 rings (SSSR count). The third-order valence-electron chi connectivity index (χ3n) is 4.91. The highest BCUT2D eigenvalue weighted by Crippen LogP contribution is 2.27. The van der Waals surface area contributed by atoms with Gasteiger partial charge in [-0.05, 0) is 62.0 Å². The molecule has 2 aromatic heterocycles. The fraction of sp³-hybridized carbons (Fsp3) is 0.350. The maximum atomic E-state index is 4.77. The Kier molecular flexibility index (Phi) is 3.88. The molecule has 1 N–H and O–H groups in total. The van der Waals surface area contributed by atoms with Gasteiger partial charge in [0, 0.05) is 24.3 Å². The van der Waals surface area contributed by atoms with Crippen LogP contribution >= 0.6 is 0 Å². The van der Waals surface area contributed by atoms with Gasteiger partial charge in [-0.2, -0.15) is 0 Å². The third kappa shape index (κ3) is 3.02. The van der Waals surface area contributed by atoms with Crippen molar-refractivity contribution in [1.29, 1.82) is 0 Å². The molecule has 0 saturated carbocycles. The zero-order valence-corrected chi connectivity index (χ0v) is 13.6. The van der Waals surface area contributed by atoms with E-state index in [0.717, 1.165) is 25.3 Å². The monoisotopic (exact) mass is 305 g/mol. The van der Waals surface area contributed by atoms with Crippen LogP contribution in [0.5, 0.6) is 0 Å². The van der Waals surface area contributed by atoms with E-state index >= 15 is 0 Å². The van der Waals surface area contributed by atoms with Crippen molar-refractivity contribution in [3.8, 4) is 0 Å². The van der Waals surface area contributed by atoms with Gasteiger partial charge in [0.2, 0.25) is 0 Å². The average molecular weight is 305 g/mol. The minimum Gasteiger partial charge on any atom is -0.328 e. The first-order valence-electron chi connectivity index (χ1n) is 8.51. The van der Waals surface area contributed by atoms with Crippen LogP contribution in [0.4, 0.5) is 0 Å². The summed E-state index contributed by atoms with van der Waals surface area (Å²) in [6, 6.07) is 13.3. The summed E-state index contributed by atoms with van der Waals surface area (Å²) >= 11 is 0. The summed E-state index contributed by atoms with van der Waals surface area (Å²) in [6.07, 6.45) is 6.68. The standard InChI is InChI=1S/C20H23N3/c1-15-2-4-16(5-3-15)14-23-11-8-18-12-19(13-22-20(18)23)17-6-9-21-10-7-17/h2-5,8,11-13,17,21H,6-7,9-10,14H2,1H3. The fourth-order valence-electron chi connectivity index (χ4n) is 3.49. The van der Waals surface area contributed by atoms with Crippen LogP contribution in [0, 0.1) is 6.92 Å². The highest BCUT2D eigenvalue weighted by molar-refractivity contribution is 5.77. The summed E-state index contributed by atoms with van der Waals surface area (Å²) < 4.78 is 2.24. The van der Waals surface area contributed by atoms with E-state index in [1.54, 1.807) is 0 Å². The van der Waals surface area contributed by atoms with Gasteiger partial charge >= 0.3 is 0 Å². The molecule has 1 aromatic carbocycles. The Morgan fingerprint density at radius 3 is 2.70 bits per heavy atom. The van der Waals surface area contributed by atoms with E-state index in [4.69, 9.17) is 4.98 Å². The topological polar surface area (TPSA) is 29.9 Å². The number of pyridine rings is 1. The van der Waals surface area contributed by atoms with Gasteiger partial charge in [-0.25, -0.2) is 4.98 Å². The molecule has 3 aromatic rings. The lowest BCUT2D eigenvalue weighted by atomic mass is 9.91. The summed E-state index contributed by atoms with van der Waals surface area (Å²) in [5.74, 6) is 0.661. The van der Waals surface area contributed by atoms with Crippen molar-refractivity contribution >= 4 is 11.0 Å². The lowest BCUT2D eigenvalue weighted by Gasteiger charge is -2.22. The Morgan fingerprint density at radius 2 is 1.91 bits per heavy atom. The summed E-state index contributed by atoms with van der Waals surface area (Å²) in [5.41, 5.74) is 5.10. The molecule has 23 heavy (non-hydrogen) atoms. The number of nitrogens with zero attached hydrogens (tertiary/aromatic N) is 2. The second-order valence-electron chi connectivity index (χ2n) is 6.63. The largest absolute Gasteiger partial charge is 0.328 e. The van der Waals surface area contributed by atoms with Gasteiger partial charge in [-0.1, -0.05) is 29.8 Å². The SMILES string of the molecule is Cc1ccc(Cn2ccc3cc(C4CCNCC4)cnc32)cc1. The molecule has 1 aliphatic heterocycles. The van der Waals surface area contributed by atoms with Gasteiger partial charge in [0.15, 0.2) is 0 Å². The zero-order valence-electron chi connectivity index (χ0n) is 13.6. The predicted octanol–water partition coefficient (Wildman–Crippen LogP) is 3.86. The summed E-state index contributed by atoms with van der Waals surface area (Å²) in [7, 11) is 0. The predicted molar refractivity (Wildman–Crippen MR) is 94.9 cm³/mol. The van der Waals surface area contributed by atoms with Crippen LogP contribution in [-0.2, 0) is 6.54 Å². The first kappa shape index (κ1) is 14.5. The van der Waals surface area contributed by atoms with Crippen LogP contribution < -0.4 is 5.32 Å². The number of hydrogen-bond donors (Lipinski definition) is 1. The fourth-order valence-corrected chi connectivity index (χ4v) is 3.49. The molecule has 0 unspecified atom stereocenters. The number of fused-ring (bicyclic) bond motifs is 1. The van der Waals surface area contributed by atoms with Crippen LogP contribution in [0.25, 0.3) is 11.0 Å². The minimum atomic E-state index is 0.661. The quantitative estimate of drug-likeness (QED) is 0.796. The van der Waals surface area contributed by atoms with E-state index < -0.39 is 0 Å². The van der Waals surface area contributed by atoms with Crippen LogP contribution in [0.15, 0.2) is 48.8 Å². The second-order valence-corrected chi connectivity index (χ2v) is 6.63. The summed E-state index contributed by atoms with van der Waals surface area (Å²) in [6.45, 7) is 5.25. The molecule has 0 spiro atoms. The van der Waals surface area contributed by atoms with E-state index in [0.29, 0.717) is 5.92 Å². The Bertz CT molecular complexity index is 795. The Labute approximate surface area is 137 Å². The van der Waals surface area contributed by atoms with Crippen LogP contribution in [0.3, 0.4) is 0 Å². The van der Waals surface area contributed by atoms with Gasteiger partial charge in [0.1, 0.15) is 5.65 Å². The van der Waals surface area contributed by atoms with Crippen LogP contribution in [-0.4, -0.2) is 22.6 Å².